The zero-order valence-electron chi connectivity index (χ0n) is 16.5. The van der Waals surface area contributed by atoms with Crippen LogP contribution < -0.4 is 11.1 Å². The Hall–Kier alpha value is -1.47. The normalized spacial score (nSPS) is 21.1. The van der Waals surface area contributed by atoms with Crippen molar-refractivity contribution in [2.75, 3.05) is 6.54 Å². The summed E-state index contributed by atoms with van der Waals surface area (Å²) in [4.78, 5) is 27.5. The molecule has 1 heterocycles. The molecule has 1 saturated heterocycles. The van der Waals surface area contributed by atoms with E-state index < -0.39 is 23.0 Å². The van der Waals surface area contributed by atoms with Gasteiger partial charge in [0.2, 0.25) is 5.91 Å². The summed E-state index contributed by atoms with van der Waals surface area (Å²) in [5.41, 5.74) is 5.81. The summed E-state index contributed by atoms with van der Waals surface area (Å²) in [6.07, 6.45) is 0.199. The summed E-state index contributed by atoms with van der Waals surface area (Å²) in [6, 6.07) is 5.23. The fraction of sp³-hybridized carbons (Fsp3) is 0.600. The predicted octanol–water partition coefficient (Wildman–Crippen LogP) is 2.20. The first-order chi connectivity index (χ1) is 12.5. The molecule has 0 aromatic heterocycles. The van der Waals surface area contributed by atoms with Gasteiger partial charge in [0.05, 0.1) is 12.1 Å². The van der Waals surface area contributed by atoms with Crippen molar-refractivity contribution >= 4 is 23.4 Å². The molecule has 2 amide bonds. The Kier molecular flexibility index (Phi) is 6.68. The molecular formula is C20H30ClN3O3. The minimum atomic E-state index is -1.30. The number of nitrogens with one attached hydrogen (secondary N) is 1. The number of nitrogens with two attached hydrogens (primary N) is 1. The predicted molar refractivity (Wildman–Crippen MR) is 106 cm³/mol. The smallest absolute Gasteiger partial charge is 0.258 e. The van der Waals surface area contributed by atoms with E-state index in [-0.39, 0.29) is 19.0 Å². The lowest BCUT2D eigenvalue weighted by atomic mass is 9.87. The monoisotopic (exact) mass is 395 g/mol. The van der Waals surface area contributed by atoms with Gasteiger partial charge in [-0.1, -0.05) is 38.4 Å². The molecule has 1 fully saturated rings. The second-order valence-electron chi connectivity index (χ2n) is 8.48. The van der Waals surface area contributed by atoms with Crippen LogP contribution in [0.1, 0.15) is 51.7 Å². The molecule has 1 aromatic carbocycles. The number of nitrogens with zero attached hydrogens (tertiary/aromatic N) is 1. The fourth-order valence-electron chi connectivity index (χ4n) is 3.25. The van der Waals surface area contributed by atoms with E-state index in [0.29, 0.717) is 17.0 Å². The first-order valence-corrected chi connectivity index (χ1v) is 9.63. The lowest BCUT2D eigenvalue weighted by molar-refractivity contribution is -0.158. The van der Waals surface area contributed by atoms with Crippen LogP contribution in [-0.4, -0.2) is 40.0 Å². The van der Waals surface area contributed by atoms with Gasteiger partial charge in [-0.3, -0.25) is 14.5 Å². The molecule has 0 spiro atoms. The van der Waals surface area contributed by atoms with Gasteiger partial charge in [-0.05, 0) is 55.0 Å². The molecule has 1 aromatic rings. The van der Waals surface area contributed by atoms with Crippen LogP contribution in [0.5, 0.6) is 0 Å². The van der Waals surface area contributed by atoms with E-state index in [1.54, 1.807) is 45.9 Å². The third kappa shape index (κ3) is 4.88. The Morgan fingerprint density at radius 1 is 1.37 bits per heavy atom. The number of halogens is 1. The molecule has 0 radical (unpaired) electrons. The summed E-state index contributed by atoms with van der Waals surface area (Å²) in [7, 11) is 0. The maximum Gasteiger partial charge on any atom is 0.258 e. The maximum absolute atomic E-state index is 13.3. The standard InChI is InChI=1S/C20H30ClN3O3/c1-19(2,3)16(25)17(26)24(18(27)20(4)8-5-9-23-20)12-14-10-15(21)7-6-13(14)11-22/h6-7,10,16,23,25H,5,8-9,11-12,22H2,1-4H3/t16-,20-/m0/s1. The summed E-state index contributed by atoms with van der Waals surface area (Å²) >= 11 is 6.12. The molecule has 2 atom stereocenters. The van der Waals surface area contributed by atoms with Crippen LogP contribution in [0.2, 0.25) is 5.02 Å². The Bertz CT molecular complexity index is 709. The Morgan fingerprint density at radius 3 is 2.56 bits per heavy atom. The molecule has 7 heteroatoms. The van der Waals surface area contributed by atoms with Gasteiger partial charge in [0.25, 0.3) is 5.91 Å². The Morgan fingerprint density at radius 2 is 2.04 bits per heavy atom. The number of hydrogen-bond acceptors (Lipinski definition) is 5. The van der Waals surface area contributed by atoms with E-state index in [4.69, 9.17) is 17.3 Å². The van der Waals surface area contributed by atoms with Gasteiger partial charge in [-0.2, -0.15) is 0 Å². The van der Waals surface area contributed by atoms with Crippen molar-refractivity contribution in [3.63, 3.8) is 0 Å². The summed E-state index contributed by atoms with van der Waals surface area (Å²) in [5, 5.41) is 14.2. The molecule has 0 unspecified atom stereocenters. The molecule has 150 valence electrons. The lowest BCUT2D eigenvalue weighted by Crippen LogP contribution is -2.57. The number of carbonyl (C=O) groups excluding carboxylic acids is 2. The number of rotatable bonds is 5. The Labute approximate surface area is 166 Å². The lowest BCUT2D eigenvalue weighted by Gasteiger charge is -2.35. The Balaban J connectivity index is 2.42. The van der Waals surface area contributed by atoms with Gasteiger partial charge in [0, 0.05) is 11.6 Å². The molecular weight excluding hydrogens is 366 g/mol. The number of carbonyl (C=O) groups is 2. The van der Waals surface area contributed by atoms with E-state index in [1.807, 2.05) is 0 Å². The van der Waals surface area contributed by atoms with E-state index in [2.05, 4.69) is 5.32 Å². The van der Waals surface area contributed by atoms with E-state index in [9.17, 15) is 14.7 Å². The third-order valence-corrected chi connectivity index (χ3v) is 5.36. The third-order valence-electron chi connectivity index (χ3n) is 5.12. The molecule has 0 aliphatic carbocycles. The number of hydrogen-bond donors (Lipinski definition) is 3. The van der Waals surface area contributed by atoms with Gasteiger partial charge in [0.15, 0.2) is 0 Å². The molecule has 2 rings (SSSR count). The second-order valence-corrected chi connectivity index (χ2v) is 8.91. The van der Waals surface area contributed by atoms with Crippen LogP contribution >= 0.6 is 11.6 Å². The summed E-state index contributed by atoms with van der Waals surface area (Å²) in [6.45, 7) is 8.09. The van der Waals surface area contributed by atoms with Gasteiger partial charge in [-0.25, -0.2) is 0 Å². The largest absolute Gasteiger partial charge is 0.383 e. The molecule has 1 aliphatic heterocycles. The maximum atomic E-state index is 13.3. The molecule has 0 bridgehead atoms. The van der Waals surface area contributed by atoms with Crippen molar-refractivity contribution < 1.29 is 14.7 Å². The highest BCUT2D eigenvalue weighted by molar-refractivity contribution is 6.30. The fourth-order valence-corrected chi connectivity index (χ4v) is 3.45. The zero-order chi connectivity index (χ0) is 20.4. The highest BCUT2D eigenvalue weighted by atomic mass is 35.5. The summed E-state index contributed by atoms with van der Waals surface area (Å²) < 4.78 is 0. The minimum Gasteiger partial charge on any atom is -0.383 e. The van der Waals surface area contributed by atoms with Crippen molar-refractivity contribution in [1.82, 2.24) is 10.2 Å². The highest BCUT2D eigenvalue weighted by Gasteiger charge is 2.44. The van der Waals surface area contributed by atoms with Crippen LogP contribution in [0.15, 0.2) is 18.2 Å². The number of amides is 2. The average Bonchev–Trinajstić information content (AvgIpc) is 3.05. The van der Waals surface area contributed by atoms with Gasteiger partial charge < -0.3 is 16.2 Å². The van der Waals surface area contributed by atoms with Crippen molar-refractivity contribution in [2.24, 2.45) is 11.1 Å². The highest BCUT2D eigenvalue weighted by Crippen LogP contribution is 2.27. The quantitative estimate of drug-likeness (QED) is 0.710. The summed E-state index contributed by atoms with van der Waals surface area (Å²) in [5.74, 6) is -0.943. The van der Waals surface area contributed by atoms with Crippen molar-refractivity contribution in [2.45, 2.75) is 65.3 Å². The zero-order valence-corrected chi connectivity index (χ0v) is 17.3. The van der Waals surface area contributed by atoms with Crippen LogP contribution in [0, 0.1) is 5.41 Å². The van der Waals surface area contributed by atoms with Gasteiger partial charge in [0.1, 0.15) is 6.10 Å². The van der Waals surface area contributed by atoms with E-state index >= 15 is 0 Å². The van der Waals surface area contributed by atoms with Crippen LogP contribution in [0.4, 0.5) is 0 Å². The number of aliphatic hydroxyl groups is 1. The first kappa shape index (κ1) is 21.8. The molecule has 6 nitrogen and oxygen atoms in total. The van der Waals surface area contributed by atoms with Gasteiger partial charge in [-0.15, -0.1) is 0 Å². The number of aliphatic hydroxyl groups excluding tert-OH is 1. The van der Waals surface area contributed by atoms with Crippen LogP contribution in [-0.2, 0) is 22.7 Å². The minimum absolute atomic E-state index is 0.0230. The molecule has 0 saturated carbocycles. The molecule has 1 aliphatic rings. The average molecular weight is 396 g/mol. The second kappa shape index (κ2) is 8.27. The molecule has 4 N–H and O–H groups in total. The van der Waals surface area contributed by atoms with Crippen molar-refractivity contribution in [1.29, 1.82) is 0 Å². The SMILES string of the molecule is CC(C)(C)[C@@H](O)C(=O)N(Cc1cc(Cl)ccc1CN)C(=O)[C@]1(C)CCCN1. The van der Waals surface area contributed by atoms with Crippen molar-refractivity contribution in [3.05, 3.63) is 34.3 Å². The van der Waals surface area contributed by atoms with E-state index in [1.165, 1.54) is 0 Å². The first-order valence-electron chi connectivity index (χ1n) is 9.26. The molecule has 27 heavy (non-hydrogen) atoms. The topological polar surface area (TPSA) is 95.7 Å². The van der Waals surface area contributed by atoms with E-state index in [0.717, 1.165) is 23.4 Å². The number of benzene rings is 1. The van der Waals surface area contributed by atoms with Gasteiger partial charge >= 0.3 is 0 Å². The van der Waals surface area contributed by atoms with Crippen molar-refractivity contribution in [3.8, 4) is 0 Å². The number of imide groups is 1. The van der Waals surface area contributed by atoms with Crippen LogP contribution in [0.25, 0.3) is 0 Å². The van der Waals surface area contributed by atoms with Crippen LogP contribution in [0.3, 0.4) is 0 Å².